The van der Waals surface area contributed by atoms with Crippen LogP contribution in [-0.2, 0) is 11.2 Å². The van der Waals surface area contributed by atoms with Gasteiger partial charge in [0.15, 0.2) is 5.13 Å². The third-order valence-corrected chi connectivity index (χ3v) is 6.86. The number of hydrogen-bond acceptors (Lipinski definition) is 6. The SMILES string of the molecule is CCC(=O)N1CCc2cc(C(=O)N3CCN(c4nc5cccnc5s4)CC3)ccc21. The van der Waals surface area contributed by atoms with Crippen LogP contribution < -0.4 is 9.80 Å². The Morgan fingerprint density at radius 2 is 1.93 bits per heavy atom. The van der Waals surface area contributed by atoms with Crippen molar-refractivity contribution in [2.75, 3.05) is 42.5 Å². The molecule has 8 heteroatoms. The minimum absolute atomic E-state index is 0.0590. The summed E-state index contributed by atoms with van der Waals surface area (Å²) < 4.78 is 0. The van der Waals surface area contributed by atoms with Gasteiger partial charge in [-0.3, -0.25) is 9.59 Å². The zero-order valence-electron chi connectivity index (χ0n) is 16.9. The van der Waals surface area contributed by atoms with Crippen molar-refractivity contribution in [2.24, 2.45) is 0 Å². The number of benzene rings is 1. The Hall–Kier alpha value is -3.00. The van der Waals surface area contributed by atoms with Gasteiger partial charge in [0.2, 0.25) is 5.91 Å². The number of aromatic nitrogens is 2. The van der Waals surface area contributed by atoms with E-state index in [-0.39, 0.29) is 11.8 Å². The number of pyridine rings is 1. The molecule has 0 N–H and O–H groups in total. The van der Waals surface area contributed by atoms with Crippen LogP contribution in [0.3, 0.4) is 0 Å². The van der Waals surface area contributed by atoms with E-state index in [1.165, 1.54) is 0 Å². The van der Waals surface area contributed by atoms with Gasteiger partial charge in [-0.1, -0.05) is 18.3 Å². The van der Waals surface area contributed by atoms with E-state index in [9.17, 15) is 9.59 Å². The molecule has 2 aliphatic rings. The predicted octanol–water partition coefficient (Wildman–Crippen LogP) is 2.95. The highest BCUT2D eigenvalue weighted by atomic mass is 32.1. The summed E-state index contributed by atoms with van der Waals surface area (Å²) in [6.45, 7) is 5.43. The lowest BCUT2D eigenvalue weighted by Crippen LogP contribution is -2.48. The molecule has 154 valence electrons. The molecule has 2 amide bonds. The normalized spacial score (nSPS) is 16.2. The number of fused-ring (bicyclic) bond motifs is 2. The van der Waals surface area contributed by atoms with E-state index in [1.54, 1.807) is 17.5 Å². The number of carbonyl (C=O) groups excluding carboxylic acids is 2. The van der Waals surface area contributed by atoms with Crippen molar-refractivity contribution in [3.63, 3.8) is 0 Å². The maximum atomic E-state index is 13.1. The van der Waals surface area contributed by atoms with Crippen LogP contribution in [0.25, 0.3) is 10.3 Å². The van der Waals surface area contributed by atoms with Crippen LogP contribution in [0.5, 0.6) is 0 Å². The van der Waals surface area contributed by atoms with Gasteiger partial charge in [-0.2, -0.15) is 0 Å². The van der Waals surface area contributed by atoms with Crippen LogP contribution >= 0.6 is 11.3 Å². The van der Waals surface area contributed by atoms with Gasteiger partial charge in [-0.05, 0) is 42.3 Å². The van der Waals surface area contributed by atoms with E-state index in [4.69, 9.17) is 0 Å². The third-order valence-electron chi connectivity index (χ3n) is 5.82. The molecule has 3 aromatic rings. The van der Waals surface area contributed by atoms with Crippen molar-refractivity contribution >= 4 is 44.3 Å². The average molecular weight is 422 g/mol. The maximum Gasteiger partial charge on any atom is 0.253 e. The topological polar surface area (TPSA) is 69.6 Å². The first-order valence-electron chi connectivity index (χ1n) is 10.3. The molecule has 30 heavy (non-hydrogen) atoms. The second kappa shape index (κ2) is 7.68. The predicted molar refractivity (Wildman–Crippen MR) is 118 cm³/mol. The molecule has 7 nitrogen and oxygen atoms in total. The van der Waals surface area contributed by atoms with Crippen LogP contribution in [0.15, 0.2) is 36.5 Å². The molecule has 1 fully saturated rings. The smallest absolute Gasteiger partial charge is 0.253 e. The lowest BCUT2D eigenvalue weighted by Gasteiger charge is -2.34. The van der Waals surface area contributed by atoms with Crippen molar-refractivity contribution in [3.8, 4) is 0 Å². The first-order chi connectivity index (χ1) is 14.6. The fourth-order valence-electron chi connectivity index (χ4n) is 4.16. The molecule has 2 aliphatic heterocycles. The van der Waals surface area contributed by atoms with E-state index in [0.717, 1.165) is 46.2 Å². The number of hydrogen-bond donors (Lipinski definition) is 0. The van der Waals surface area contributed by atoms with Gasteiger partial charge in [-0.25, -0.2) is 9.97 Å². The molecule has 1 saturated heterocycles. The van der Waals surface area contributed by atoms with E-state index < -0.39 is 0 Å². The Kier molecular flexibility index (Phi) is 4.86. The van der Waals surface area contributed by atoms with E-state index in [1.807, 2.05) is 47.1 Å². The van der Waals surface area contributed by atoms with Crippen molar-refractivity contribution in [1.82, 2.24) is 14.9 Å². The summed E-state index contributed by atoms with van der Waals surface area (Å²) in [6, 6.07) is 9.62. The fourth-order valence-corrected chi connectivity index (χ4v) is 5.12. The van der Waals surface area contributed by atoms with Gasteiger partial charge in [0.05, 0.1) is 0 Å². The highest BCUT2D eigenvalue weighted by molar-refractivity contribution is 7.21. The first-order valence-corrected chi connectivity index (χ1v) is 11.1. The molecular formula is C22H23N5O2S. The molecule has 0 spiro atoms. The quantitative estimate of drug-likeness (QED) is 0.650. The summed E-state index contributed by atoms with van der Waals surface area (Å²) in [4.78, 5) is 41.1. The molecule has 0 radical (unpaired) electrons. The summed E-state index contributed by atoms with van der Waals surface area (Å²) >= 11 is 1.60. The van der Waals surface area contributed by atoms with Gasteiger partial charge in [0.25, 0.3) is 5.91 Å². The van der Waals surface area contributed by atoms with Gasteiger partial charge >= 0.3 is 0 Å². The molecule has 1 aromatic carbocycles. The number of nitrogens with zero attached hydrogens (tertiary/aromatic N) is 5. The molecule has 0 saturated carbocycles. The largest absolute Gasteiger partial charge is 0.344 e. The van der Waals surface area contributed by atoms with Crippen molar-refractivity contribution in [1.29, 1.82) is 0 Å². The first kappa shape index (κ1) is 19.0. The zero-order chi connectivity index (χ0) is 20.7. The Labute approximate surface area is 178 Å². The fraction of sp³-hybridized carbons (Fsp3) is 0.364. The maximum absolute atomic E-state index is 13.1. The van der Waals surface area contributed by atoms with Crippen LogP contribution in [0.4, 0.5) is 10.8 Å². The molecule has 4 heterocycles. The van der Waals surface area contributed by atoms with Crippen molar-refractivity contribution in [2.45, 2.75) is 19.8 Å². The molecular weight excluding hydrogens is 398 g/mol. The Morgan fingerprint density at radius 1 is 1.10 bits per heavy atom. The summed E-state index contributed by atoms with van der Waals surface area (Å²) in [7, 11) is 0. The number of piperazine rings is 1. The van der Waals surface area contributed by atoms with Crippen LogP contribution in [-0.4, -0.2) is 59.4 Å². The standard InChI is InChI=1S/C22H23N5O2S/c1-2-19(28)27-9-7-15-14-16(5-6-18(15)27)21(29)25-10-12-26(13-11-25)22-24-17-4-3-8-23-20(17)30-22/h3-6,8,14H,2,7,9-13H2,1H3. The summed E-state index contributed by atoms with van der Waals surface area (Å²) in [5.74, 6) is 0.192. The van der Waals surface area contributed by atoms with Gasteiger partial charge < -0.3 is 14.7 Å². The van der Waals surface area contributed by atoms with Crippen LogP contribution in [0.1, 0.15) is 29.3 Å². The lowest BCUT2D eigenvalue weighted by molar-refractivity contribution is -0.118. The van der Waals surface area contributed by atoms with E-state index in [2.05, 4.69) is 14.9 Å². The lowest BCUT2D eigenvalue weighted by atomic mass is 10.1. The van der Waals surface area contributed by atoms with Crippen LogP contribution in [0.2, 0.25) is 0 Å². The zero-order valence-corrected chi connectivity index (χ0v) is 17.7. The summed E-state index contributed by atoms with van der Waals surface area (Å²) in [5.41, 5.74) is 3.66. The summed E-state index contributed by atoms with van der Waals surface area (Å²) in [5, 5.41) is 0.967. The van der Waals surface area contributed by atoms with E-state index in [0.29, 0.717) is 31.6 Å². The second-order valence-corrected chi connectivity index (χ2v) is 8.55. The Balaban J connectivity index is 1.26. The van der Waals surface area contributed by atoms with Gasteiger partial charge in [0, 0.05) is 56.6 Å². The third kappa shape index (κ3) is 3.31. The molecule has 5 rings (SSSR count). The molecule has 2 aromatic heterocycles. The Morgan fingerprint density at radius 3 is 2.70 bits per heavy atom. The molecule has 0 aliphatic carbocycles. The minimum Gasteiger partial charge on any atom is -0.344 e. The monoisotopic (exact) mass is 421 g/mol. The average Bonchev–Trinajstić information content (AvgIpc) is 3.42. The number of carbonyl (C=O) groups is 2. The van der Waals surface area contributed by atoms with E-state index >= 15 is 0 Å². The number of thiazole rings is 1. The van der Waals surface area contributed by atoms with Crippen molar-refractivity contribution < 1.29 is 9.59 Å². The Bertz CT molecular complexity index is 1090. The van der Waals surface area contributed by atoms with Gasteiger partial charge in [-0.15, -0.1) is 0 Å². The number of anilines is 2. The highest BCUT2D eigenvalue weighted by Crippen LogP contribution is 2.31. The minimum atomic E-state index is 0.0590. The number of rotatable bonds is 3. The van der Waals surface area contributed by atoms with Crippen molar-refractivity contribution in [3.05, 3.63) is 47.7 Å². The molecule has 0 bridgehead atoms. The molecule has 0 unspecified atom stereocenters. The number of amides is 2. The highest BCUT2D eigenvalue weighted by Gasteiger charge is 2.27. The van der Waals surface area contributed by atoms with Gasteiger partial charge in [0.1, 0.15) is 10.3 Å². The second-order valence-electron chi connectivity index (χ2n) is 7.60. The molecule has 0 atom stereocenters. The summed E-state index contributed by atoms with van der Waals surface area (Å²) in [6.07, 6.45) is 3.09. The van der Waals surface area contributed by atoms with Crippen LogP contribution in [0, 0.1) is 0 Å².